The molecule has 3 rings (SSSR count). The molecule has 0 amide bonds. The van der Waals surface area contributed by atoms with E-state index in [4.69, 9.17) is 0 Å². The van der Waals surface area contributed by atoms with Gasteiger partial charge in [0.15, 0.2) is 5.57 Å². The van der Waals surface area contributed by atoms with Crippen LogP contribution in [0.1, 0.15) is 11.3 Å². The molecule has 1 aromatic carbocycles. The molecule has 23 heavy (non-hydrogen) atoms. The van der Waals surface area contributed by atoms with Gasteiger partial charge in [0.05, 0.1) is 0 Å². The highest BCUT2D eigenvalue weighted by molar-refractivity contribution is 5.73. The normalized spacial score (nSPS) is 14.2. The van der Waals surface area contributed by atoms with Gasteiger partial charge in [0.25, 0.3) is 11.4 Å². The maximum absolute atomic E-state index is 14.3. The van der Waals surface area contributed by atoms with Crippen LogP contribution in [0.4, 0.5) is 10.1 Å². The molecule has 114 valence electrons. The standard InChI is InChI=1S/C17H13FN4O/c1-10-6-7-21(3)16(10)17-13(9-19)11(2)20-22(17)15-5-4-12(23)8-14(15)18/h4-8H,2H2,1,3H3/p+1. The van der Waals surface area contributed by atoms with Gasteiger partial charge in [-0.05, 0) is 29.3 Å². The van der Waals surface area contributed by atoms with Gasteiger partial charge in [0.2, 0.25) is 5.82 Å². The van der Waals surface area contributed by atoms with Crippen LogP contribution in [0.25, 0.3) is 5.70 Å². The Hall–Kier alpha value is -3.20. The zero-order chi connectivity index (χ0) is 16.7. The molecule has 1 aliphatic rings. The lowest BCUT2D eigenvalue weighted by molar-refractivity contribution is -0.409. The van der Waals surface area contributed by atoms with E-state index in [1.807, 2.05) is 30.8 Å². The van der Waals surface area contributed by atoms with Gasteiger partial charge >= 0.3 is 0 Å². The Labute approximate surface area is 132 Å². The van der Waals surface area contributed by atoms with Gasteiger partial charge in [-0.3, -0.25) is 0 Å². The average Bonchev–Trinajstić information content (AvgIpc) is 2.98. The molecule has 0 atom stereocenters. The van der Waals surface area contributed by atoms with Crippen molar-refractivity contribution >= 4 is 11.4 Å². The largest absolute Gasteiger partial charge is 0.508 e. The summed E-state index contributed by atoms with van der Waals surface area (Å²) in [6.07, 6.45) is 1.86. The summed E-state index contributed by atoms with van der Waals surface area (Å²) in [5.74, 6) is -0.810. The highest BCUT2D eigenvalue weighted by Crippen LogP contribution is 2.38. The Morgan fingerprint density at radius 1 is 1.39 bits per heavy atom. The van der Waals surface area contributed by atoms with Crippen molar-refractivity contribution in [1.82, 2.24) is 4.57 Å². The van der Waals surface area contributed by atoms with E-state index >= 15 is 0 Å². The third-order valence-electron chi connectivity index (χ3n) is 3.73. The second-order valence-electron chi connectivity index (χ2n) is 5.29. The lowest BCUT2D eigenvalue weighted by atomic mass is 10.1. The van der Waals surface area contributed by atoms with E-state index in [9.17, 15) is 14.8 Å². The zero-order valence-electron chi connectivity index (χ0n) is 12.7. The minimum Gasteiger partial charge on any atom is -0.508 e. The molecule has 0 spiro atoms. The third-order valence-corrected chi connectivity index (χ3v) is 3.73. The first-order valence-electron chi connectivity index (χ1n) is 6.90. The lowest BCUT2D eigenvalue weighted by Crippen LogP contribution is -2.07. The molecule has 6 heteroatoms. The number of halogens is 1. The van der Waals surface area contributed by atoms with Crippen LogP contribution in [-0.4, -0.2) is 14.4 Å². The fourth-order valence-corrected chi connectivity index (χ4v) is 2.65. The molecule has 1 aliphatic heterocycles. The van der Waals surface area contributed by atoms with E-state index < -0.39 is 5.82 Å². The van der Waals surface area contributed by atoms with Crippen LogP contribution in [0.2, 0.25) is 0 Å². The fourth-order valence-electron chi connectivity index (χ4n) is 2.65. The van der Waals surface area contributed by atoms with Crippen LogP contribution < -0.4 is 0 Å². The fraction of sp³-hybridized carbons (Fsp3) is 0.118. The van der Waals surface area contributed by atoms with Crippen LogP contribution >= 0.6 is 0 Å². The quantitative estimate of drug-likeness (QED) is 0.859. The first-order chi connectivity index (χ1) is 10.9. The number of phenols is 1. The van der Waals surface area contributed by atoms with E-state index in [-0.39, 0.29) is 17.1 Å². The van der Waals surface area contributed by atoms with Gasteiger partial charge in [-0.25, -0.2) is 0 Å². The van der Waals surface area contributed by atoms with E-state index in [0.717, 1.165) is 17.3 Å². The smallest absolute Gasteiger partial charge is 0.282 e. The number of benzene rings is 1. The number of aromatic nitrogens is 1. The second kappa shape index (κ2) is 5.21. The molecular formula is C17H14FN4O+. The number of phenolic OH excluding ortho intramolecular Hbond substituents is 1. The molecule has 0 unspecified atom stereocenters. The number of azo groups is 2. The Morgan fingerprint density at radius 2 is 2.13 bits per heavy atom. The lowest BCUT2D eigenvalue weighted by Gasteiger charge is -2.05. The van der Waals surface area contributed by atoms with Crippen molar-refractivity contribution in [1.29, 1.82) is 5.26 Å². The average molecular weight is 309 g/mol. The van der Waals surface area contributed by atoms with Crippen molar-refractivity contribution in [3.05, 3.63) is 65.4 Å². The minimum absolute atomic E-state index is 0.143. The molecule has 0 fully saturated rings. The second-order valence-corrected chi connectivity index (χ2v) is 5.29. The van der Waals surface area contributed by atoms with E-state index in [1.54, 1.807) is 0 Å². The van der Waals surface area contributed by atoms with Gasteiger partial charge in [-0.15, -0.1) is 0 Å². The summed E-state index contributed by atoms with van der Waals surface area (Å²) >= 11 is 0. The highest BCUT2D eigenvalue weighted by Gasteiger charge is 2.38. The Bertz CT molecular complexity index is 924. The first-order valence-corrected chi connectivity index (χ1v) is 6.90. The van der Waals surface area contributed by atoms with Crippen LogP contribution in [0.15, 0.2) is 53.4 Å². The molecule has 2 aromatic rings. The summed E-state index contributed by atoms with van der Waals surface area (Å²) in [5, 5.41) is 23.1. The van der Waals surface area contributed by atoms with E-state index in [2.05, 4.69) is 17.8 Å². The van der Waals surface area contributed by atoms with Crippen molar-refractivity contribution in [2.75, 3.05) is 0 Å². The van der Waals surface area contributed by atoms with Crippen LogP contribution in [0.3, 0.4) is 0 Å². The summed E-state index contributed by atoms with van der Waals surface area (Å²) in [5.41, 5.74) is 2.88. The number of nitriles is 1. The number of aromatic hydroxyl groups is 1. The van der Waals surface area contributed by atoms with Crippen LogP contribution in [0, 0.1) is 24.1 Å². The van der Waals surface area contributed by atoms with E-state index in [1.165, 1.54) is 16.8 Å². The van der Waals surface area contributed by atoms with Gasteiger partial charge in [-0.1, -0.05) is 6.58 Å². The molecule has 5 nitrogen and oxygen atoms in total. The Kier molecular flexibility index (Phi) is 3.34. The number of rotatable bonds is 2. The number of hydrogen-bond acceptors (Lipinski definition) is 3. The maximum atomic E-state index is 14.3. The Morgan fingerprint density at radius 3 is 2.70 bits per heavy atom. The summed E-state index contributed by atoms with van der Waals surface area (Å²) in [6, 6.07) is 7.80. The number of nitrogens with zero attached hydrogens (tertiary/aromatic N) is 4. The Balaban J connectivity index is 2.29. The van der Waals surface area contributed by atoms with Crippen LogP contribution in [0.5, 0.6) is 5.75 Å². The predicted octanol–water partition coefficient (Wildman–Crippen LogP) is 3.74. The molecule has 0 saturated carbocycles. The van der Waals surface area contributed by atoms with Gasteiger partial charge in [0.1, 0.15) is 23.2 Å². The molecule has 0 saturated heterocycles. The van der Waals surface area contributed by atoms with Crippen molar-refractivity contribution < 1.29 is 14.2 Å². The molecular weight excluding hydrogens is 295 g/mol. The van der Waals surface area contributed by atoms with Crippen molar-refractivity contribution in [3.63, 3.8) is 0 Å². The highest BCUT2D eigenvalue weighted by atomic mass is 19.1. The van der Waals surface area contributed by atoms with Crippen LogP contribution in [-0.2, 0) is 7.05 Å². The summed E-state index contributed by atoms with van der Waals surface area (Å²) < 4.78 is 17.5. The first kappa shape index (κ1) is 14.7. The predicted molar refractivity (Wildman–Crippen MR) is 82.2 cm³/mol. The molecule has 1 aromatic heterocycles. The molecule has 2 heterocycles. The van der Waals surface area contributed by atoms with Crippen molar-refractivity contribution in [2.45, 2.75) is 6.92 Å². The van der Waals surface area contributed by atoms with Gasteiger partial charge < -0.3 is 9.67 Å². The SMILES string of the molecule is C=C1N=[N+](c2ccc(O)cc2F)C(c2c(C)ccn2C)=C1C#N. The summed E-state index contributed by atoms with van der Waals surface area (Å²) in [4.78, 5) is 0. The van der Waals surface area contributed by atoms with Crippen molar-refractivity contribution in [2.24, 2.45) is 12.2 Å². The molecule has 1 N–H and O–H groups in total. The topological polar surface area (TPSA) is 64.3 Å². The third kappa shape index (κ3) is 2.23. The van der Waals surface area contributed by atoms with Gasteiger partial charge in [-0.2, -0.15) is 9.65 Å². The minimum atomic E-state index is -0.634. The maximum Gasteiger partial charge on any atom is 0.282 e. The summed E-state index contributed by atoms with van der Waals surface area (Å²) in [6.45, 7) is 5.69. The monoisotopic (exact) mass is 309 g/mol. The summed E-state index contributed by atoms with van der Waals surface area (Å²) in [7, 11) is 1.84. The molecule has 0 bridgehead atoms. The number of aryl methyl sites for hydroxylation is 2. The van der Waals surface area contributed by atoms with E-state index in [0.29, 0.717) is 11.3 Å². The zero-order valence-corrected chi connectivity index (χ0v) is 12.7. The molecule has 0 radical (unpaired) electrons. The molecule has 0 aliphatic carbocycles. The number of allylic oxidation sites excluding steroid dienone is 1. The number of hydrogen-bond donors (Lipinski definition) is 1. The van der Waals surface area contributed by atoms with Gasteiger partial charge in [0, 0.05) is 30.5 Å². The van der Waals surface area contributed by atoms with Crippen molar-refractivity contribution in [3.8, 4) is 11.8 Å².